The van der Waals surface area contributed by atoms with Gasteiger partial charge in [0.05, 0.1) is 18.2 Å². The molecule has 0 fully saturated rings. The monoisotopic (exact) mass is 462 g/mol. The Morgan fingerprint density at radius 2 is 1.52 bits per heavy atom. The smallest absolute Gasteiger partial charge is 0.231 e. The average molecular weight is 462 g/mol. The van der Waals surface area contributed by atoms with Gasteiger partial charge in [-0.25, -0.2) is 22.0 Å². The van der Waals surface area contributed by atoms with Gasteiger partial charge in [-0.05, 0) is 31.2 Å². The number of halogens is 5. The quantitative estimate of drug-likeness (QED) is 0.205. The van der Waals surface area contributed by atoms with Crippen LogP contribution in [-0.2, 0) is 6.61 Å². The zero-order chi connectivity index (χ0) is 23.9. The molecule has 0 aromatic heterocycles. The molecule has 1 aliphatic heterocycles. The number of methoxy groups -OCH3 is 1. The number of ether oxygens (including phenoxy) is 3. The Balaban J connectivity index is 1.63. The number of benzene rings is 3. The van der Waals surface area contributed by atoms with Crippen LogP contribution in [0.25, 0.3) is 6.08 Å². The van der Waals surface area contributed by atoms with Gasteiger partial charge in [0.25, 0.3) is 0 Å². The lowest BCUT2D eigenvalue weighted by Crippen LogP contribution is -2.10. The van der Waals surface area contributed by atoms with E-state index in [1.165, 1.54) is 32.2 Å². The number of carbonyl (C=O) groups excluding carboxylic acids is 1. The molecule has 3 aromatic rings. The molecule has 0 saturated carbocycles. The van der Waals surface area contributed by atoms with Crippen LogP contribution in [0.2, 0.25) is 0 Å². The third-order valence-electron chi connectivity index (χ3n) is 5.13. The van der Waals surface area contributed by atoms with Gasteiger partial charge in [0, 0.05) is 11.1 Å². The normalized spacial score (nSPS) is 13.8. The van der Waals surface area contributed by atoms with E-state index in [0.29, 0.717) is 16.9 Å². The molecule has 0 aliphatic carbocycles. The largest absolute Gasteiger partial charge is 0.496 e. The number of carbonyl (C=O) groups is 1. The van der Waals surface area contributed by atoms with E-state index < -0.39 is 47.0 Å². The van der Waals surface area contributed by atoms with E-state index in [0.717, 1.165) is 0 Å². The first kappa shape index (κ1) is 22.3. The van der Waals surface area contributed by atoms with Crippen molar-refractivity contribution >= 4 is 11.9 Å². The third kappa shape index (κ3) is 3.79. The van der Waals surface area contributed by atoms with Crippen molar-refractivity contribution in [3.8, 4) is 17.2 Å². The summed E-state index contributed by atoms with van der Waals surface area (Å²) in [6, 6.07) is 9.73. The molecule has 1 aliphatic rings. The van der Waals surface area contributed by atoms with Crippen LogP contribution >= 0.6 is 0 Å². The average Bonchev–Trinajstić information content (AvgIpc) is 3.14. The molecule has 0 N–H and O–H groups in total. The van der Waals surface area contributed by atoms with Crippen LogP contribution in [0.4, 0.5) is 22.0 Å². The Morgan fingerprint density at radius 1 is 0.879 bits per heavy atom. The molecule has 0 saturated heterocycles. The molecule has 3 aromatic carbocycles. The summed E-state index contributed by atoms with van der Waals surface area (Å²) in [5, 5.41) is 0. The number of Topliss-reactive ketones (excluding diaryl/α,β-unsaturated/α-hetero) is 1. The zero-order valence-corrected chi connectivity index (χ0v) is 17.3. The fourth-order valence-corrected chi connectivity index (χ4v) is 3.38. The Morgan fingerprint density at radius 3 is 2.18 bits per heavy atom. The van der Waals surface area contributed by atoms with Crippen LogP contribution < -0.4 is 14.2 Å². The lowest BCUT2D eigenvalue weighted by atomic mass is 10.1. The van der Waals surface area contributed by atoms with E-state index in [1.807, 2.05) is 0 Å². The fraction of sp³-hybridized carbons (Fsp3) is 0.125. The number of hydrogen-bond acceptors (Lipinski definition) is 4. The summed E-state index contributed by atoms with van der Waals surface area (Å²) in [7, 11) is 1.49. The topological polar surface area (TPSA) is 44.8 Å². The van der Waals surface area contributed by atoms with Crippen LogP contribution in [-0.4, -0.2) is 12.9 Å². The molecule has 4 nitrogen and oxygen atoms in total. The van der Waals surface area contributed by atoms with Crippen molar-refractivity contribution in [1.29, 1.82) is 0 Å². The Kier molecular flexibility index (Phi) is 5.80. The highest BCUT2D eigenvalue weighted by molar-refractivity contribution is 6.15. The summed E-state index contributed by atoms with van der Waals surface area (Å²) in [5.74, 6) is -9.95. The van der Waals surface area contributed by atoms with E-state index in [1.54, 1.807) is 24.3 Å². The molecule has 0 atom stereocenters. The SMILES string of the molecule is COc1ccccc1/C=C1\Oc2c(ccc(OCc3c(F)c(F)c(F)c(F)c3F)c2C)C1=O. The summed E-state index contributed by atoms with van der Waals surface area (Å²) in [5.41, 5.74) is 0.0435. The van der Waals surface area contributed by atoms with Crippen molar-refractivity contribution in [2.45, 2.75) is 13.5 Å². The van der Waals surface area contributed by atoms with Gasteiger partial charge in [-0.3, -0.25) is 4.79 Å². The van der Waals surface area contributed by atoms with E-state index in [-0.39, 0.29) is 22.8 Å². The molecule has 0 radical (unpaired) electrons. The predicted molar refractivity (Wildman–Crippen MR) is 108 cm³/mol. The van der Waals surface area contributed by atoms with Crippen LogP contribution in [0.15, 0.2) is 42.2 Å². The molecule has 33 heavy (non-hydrogen) atoms. The molecule has 4 rings (SSSR count). The number of fused-ring (bicyclic) bond motifs is 1. The molecular formula is C24H15F5O4. The molecule has 1 heterocycles. The van der Waals surface area contributed by atoms with E-state index in [9.17, 15) is 26.7 Å². The van der Waals surface area contributed by atoms with Crippen molar-refractivity contribution in [3.05, 3.63) is 93.5 Å². The maximum atomic E-state index is 13.9. The van der Waals surface area contributed by atoms with E-state index >= 15 is 0 Å². The first-order chi connectivity index (χ1) is 15.7. The highest BCUT2D eigenvalue weighted by Crippen LogP contribution is 2.40. The zero-order valence-electron chi connectivity index (χ0n) is 17.3. The van der Waals surface area contributed by atoms with Crippen molar-refractivity contribution in [3.63, 3.8) is 0 Å². The summed E-state index contributed by atoms with van der Waals surface area (Å²) >= 11 is 0. The minimum atomic E-state index is -2.25. The Labute approximate surface area is 184 Å². The Hall–Kier alpha value is -3.88. The maximum absolute atomic E-state index is 13.9. The number of rotatable bonds is 5. The van der Waals surface area contributed by atoms with Gasteiger partial charge < -0.3 is 14.2 Å². The summed E-state index contributed by atoms with van der Waals surface area (Å²) in [6.45, 7) is 0.606. The minimum absolute atomic E-state index is 0.0227. The van der Waals surface area contributed by atoms with Crippen molar-refractivity contribution in [2.24, 2.45) is 0 Å². The van der Waals surface area contributed by atoms with Gasteiger partial charge >= 0.3 is 0 Å². The summed E-state index contributed by atoms with van der Waals surface area (Å²) < 4.78 is 84.2. The second-order valence-corrected chi connectivity index (χ2v) is 7.08. The number of hydrogen-bond donors (Lipinski definition) is 0. The van der Waals surface area contributed by atoms with Crippen LogP contribution in [0.1, 0.15) is 27.0 Å². The van der Waals surface area contributed by atoms with E-state index in [4.69, 9.17) is 14.2 Å². The fourth-order valence-electron chi connectivity index (χ4n) is 3.38. The van der Waals surface area contributed by atoms with Gasteiger partial charge in [0.2, 0.25) is 11.6 Å². The summed E-state index contributed by atoms with van der Waals surface area (Å²) in [4.78, 5) is 12.7. The molecule has 0 spiro atoms. The minimum Gasteiger partial charge on any atom is -0.496 e. The molecule has 9 heteroatoms. The molecule has 0 amide bonds. The van der Waals surface area contributed by atoms with Gasteiger partial charge in [0.15, 0.2) is 29.0 Å². The maximum Gasteiger partial charge on any atom is 0.231 e. The predicted octanol–water partition coefficient (Wildman–Crippen LogP) is 5.89. The standard InChI is InChI=1S/C24H15F5O4/c1-11-15(32-10-14-18(25)20(27)22(29)21(28)19(14)26)8-7-13-23(30)17(33-24(11)13)9-12-5-3-4-6-16(12)31-2/h3-9H,10H2,1-2H3/b17-9-. The van der Waals surface area contributed by atoms with Gasteiger partial charge in [-0.2, -0.15) is 0 Å². The Bertz CT molecular complexity index is 1290. The lowest BCUT2D eigenvalue weighted by molar-refractivity contribution is 0.101. The third-order valence-corrected chi connectivity index (χ3v) is 5.13. The van der Waals surface area contributed by atoms with Crippen LogP contribution in [0, 0.1) is 36.0 Å². The van der Waals surface area contributed by atoms with Gasteiger partial charge in [-0.15, -0.1) is 0 Å². The van der Waals surface area contributed by atoms with Gasteiger partial charge in [-0.1, -0.05) is 18.2 Å². The lowest BCUT2D eigenvalue weighted by Gasteiger charge is -2.13. The first-order valence-electron chi connectivity index (χ1n) is 9.58. The highest BCUT2D eigenvalue weighted by atomic mass is 19.2. The summed E-state index contributed by atoms with van der Waals surface area (Å²) in [6.07, 6.45) is 1.51. The second kappa shape index (κ2) is 8.57. The molecular weight excluding hydrogens is 447 g/mol. The number of ketones is 1. The number of allylic oxidation sites excluding steroid dienone is 1. The number of para-hydroxylation sites is 1. The molecule has 0 unspecified atom stereocenters. The highest BCUT2D eigenvalue weighted by Gasteiger charge is 2.31. The molecule has 0 bridgehead atoms. The van der Waals surface area contributed by atoms with Crippen LogP contribution in [0.3, 0.4) is 0 Å². The van der Waals surface area contributed by atoms with Crippen LogP contribution in [0.5, 0.6) is 17.2 Å². The second-order valence-electron chi connectivity index (χ2n) is 7.08. The first-order valence-corrected chi connectivity index (χ1v) is 9.58. The van der Waals surface area contributed by atoms with Crippen molar-refractivity contribution < 1.29 is 41.0 Å². The van der Waals surface area contributed by atoms with Gasteiger partial charge in [0.1, 0.15) is 23.9 Å². The van der Waals surface area contributed by atoms with Crippen molar-refractivity contribution in [1.82, 2.24) is 0 Å². The van der Waals surface area contributed by atoms with Crippen molar-refractivity contribution in [2.75, 3.05) is 7.11 Å². The van der Waals surface area contributed by atoms with E-state index in [2.05, 4.69) is 0 Å². The molecule has 170 valence electrons.